The van der Waals surface area contributed by atoms with Crippen LogP contribution in [0.15, 0.2) is 40.8 Å². The first-order valence-electron chi connectivity index (χ1n) is 8.85. The number of carbonyl (C=O) groups excluding carboxylic acids is 1. The molecule has 29 heavy (non-hydrogen) atoms. The first-order chi connectivity index (χ1) is 13.8. The zero-order chi connectivity index (χ0) is 21.2. The van der Waals surface area contributed by atoms with Gasteiger partial charge < -0.3 is 19.2 Å². The summed E-state index contributed by atoms with van der Waals surface area (Å²) in [6.07, 6.45) is 0. The van der Waals surface area contributed by atoms with Crippen LogP contribution in [0.3, 0.4) is 0 Å². The molecule has 0 aliphatic carbocycles. The van der Waals surface area contributed by atoms with Gasteiger partial charge in [0.2, 0.25) is 10.0 Å². The molecule has 0 bridgehead atoms. The Morgan fingerprint density at radius 3 is 2.52 bits per heavy atom. The van der Waals surface area contributed by atoms with Crippen molar-refractivity contribution in [3.8, 4) is 11.5 Å². The van der Waals surface area contributed by atoms with Crippen molar-refractivity contribution in [2.45, 2.75) is 13.8 Å². The van der Waals surface area contributed by atoms with Crippen molar-refractivity contribution in [3.63, 3.8) is 0 Å². The summed E-state index contributed by atoms with van der Waals surface area (Å²) in [6, 6.07) is 9.95. The van der Waals surface area contributed by atoms with Gasteiger partial charge in [-0.25, -0.2) is 8.42 Å². The van der Waals surface area contributed by atoms with Gasteiger partial charge in [-0.05, 0) is 44.2 Å². The Hall–Kier alpha value is -3.20. The molecule has 8 nitrogen and oxygen atoms in total. The summed E-state index contributed by atoms with van der Waals surface area (Å²) < 4.78 is 42.2. The van der Waals surface area contributed by atoms with Gasteiger partial charge >= 0.3 is 0 Å². The number of nitrogens with one attached hydrogen (secondary N) is 2. The standard InChI is InChI=1S/C20H22N2O6S/c1-5-29(24,25)22-16-8-6-13(10-18(16)27-4)21-20(23)19-12(2)15-11-14(26-3)7-9-17(15)28-19/h6-11,22H,5H2,1-4H3,(H,21,23). The number of fused-ring (bicyclic) bond motifs is 1. The van der Waals surface area contributed by atoms with Crippen LogP contribution in [0.5, 0.6) is 11.5 Å². The van der Waals surface area contributed by atoms with Gasteiger partial charge in [-0.2, -0.15) is 0 Å². The predicted molar refractivity (Wildman–Crippen MR) is 112 cm³/mol. The summed E-state index contributed by atoms with van der Waals surface area (Å²) in [5, 5.41) is 3.53. The van der Waals surface area contributed by atoms with E-state index in [0.717, 1.165) is 5.39 Å². The monoisotopic (exact) mass is 418 g/mol. The maximum atomic E-state index is 12.7. The molecule has 0 atom stereocenters. The minimum absolute atomic E-state index is 0.0647. The van der Waals surface area contributed by atoms with E-state index in [1.165, 1.54) is 26.2 Å². The molecule has 1 heterocycles. The lowest BCUT2D eigenvalue weighted by molar-refractivity contribution is 0.0998. The second-order valence-corrected chi connectivity index (χ2v) is 8.30. The third kappa shape index (κ3) is 4.29. The van der Waals surface area contributed by atoms with E-state index in [4.69, 9.17) is 13.9 Å². The summed E-state index contributed by atoms with van der Waals surface area (Å²) in [7, 11) is -0.463. The minimum Gasteiger partial charge on any atom is -0.497 e. The van der Waals surface area contributed by atoms with Crippen molar-refractivity contribution >= 4 is 38.3 Å². The molecular formula is C20H22N2O6S. The van der Waals surface area contributed by atoms with Crippen molar-refractivity contribution in [1.29, 1.82) is 0 Å². The third-order valence-corrected chi connectivity index (χ3v) is 5.75. The normalized spacial score (nSPS) is 11.3. The molecule has 0 saturated heterocycles. The van der Waals surface area contributed by atoms with Crippen molar-refractivity contribution < 1.29 is 27.1 Å². The van der Waals surface area contributed by atoms with Crippen LogP contribution in [0.4, 0.5) is 11.4 Å². The summed E-state index contributed by atoms with van der Waals surface area (Å²) in [6.45, 7) is 3.33. The Morgan fingerprint density at radius 1 is 1.10 bits per heavy atom. The largest absolute Gasteiger partial charge is 0.497 e. The van der Waals surface area contributed by atoms with E-state index < -0.39 is 15.9 Å². The molecule has 0 aliphatic rings. The smallest absolute Gasteiger partial charge is 0.291 e. The van der Waals surface area contributed by atoms with E-state index in [0.29, 0.717) is 28.3 Å². The van der Waals surface area contributed by atoms with Crippen molar-refractivity contribution in [2.24, 2.45) is 0 Å². The van der Waals surface area contributed by atoms with Gasteiger partial charge in [0.15, 0.2) is 5.76 Å². The first kappa shape index (κ1) is 20.5. The van der Waals surface area contributed by atoms with Gasteiger partial charge in [0.05, 0.1) is 25.7 Å². The molecule has 2 N–H and O–H groups in total. The van der Waals surface area contributed by atoms with Gasteiger partial charge in [-0.3, -0.25) is 9.52 Å². The number of amides is 1. The number of ether oxygens (including phenoxy) is 2. The summed E-state index contributed by atoms with van der Waals surface area (Å²) in [5.74, 6) is 0.642. The zero-order valence-corrected chi connectivity index (χ0v) is 17.3. The fraction of sp³-hybridized carbons (Fsp3) is 0.250. The molecule has 0 unspecified atom stereocenters. The number of methoxy groups -OCH3 is 2. The van der Waals surface area contributed by atoms with Crippen LogP contribution in [0.1, 0.15) is 23.0 Å². The molecule has 0 aliphatic heterocycles. The van der Waals surface area contributed by atoms with Crippen LogP contribution < -0.4 is 19.5 Å². The van der Waals surface area contributed by atoms with Crippen LogP contribution in [-0.4, -0.2) is 34.3 Å². The van der Waals surface area contributed by atoms with Crippen LogP contribution in [0.2, 0.25) is 0 Å². The highest BCUT2D eigenvalue weighted by molar-refractivity contribution is 7.92. The number of hydrogen-bond acceptors (Lipinski definition) is 6. The second kappa shape index (κ2) is 8.04. The van der Waals surface area contributed by atoms with Gasteiger partial charge in [-0.1, -0.05) is 0 Å². The number of anilines is 2. The van der Waals surface area contributed by atoms with E-state index in [9.17, 15) is 13.2 Å². The van der Waals surface area contributed by atoms with Crippen LogP contribution >= 0.6 is 0 Å². The third-order valence-electron chi connectivity index (χ3n) is 4.45. The minimum atomic E-state index is -3.45. The average molecular weight is 418 g/mol. The number of aryl methyl sites for hydroxylation is 1. The van der Waals surface area contributed by atoms with Crippen LogP contribution in [0.25, 0.3) is 11.0 Å². The zero-order valence-electron chi connectivity index (χ0n) is 16.5. The van der Waals surface area contributed by atoms with Crippen LogP contribution in [0, 0.1) is 6.92 Å². The molecule has 2 aromatic carbocycles. The summed E-state index contributed by atoms with van der Waals surface area (Å²) in [4.78, 5) is 12.7. The maximum absolute atomic E-state index is 12.7. The number of hydrogen-bond donors (Lipinski definition) is 2. The summed E-state index contributed by atoms with van der Waals surface area (Å²) in [5.41, 5.74) is 1.99. The highest BCUT2D eigenvalue weighted by Crippen LogP contribution is 2.31. The lowest BCUT2D eigenvalue weighted by Gasteiger charge is -2.13. The van der Waals surface area contributed by atoms with Crippen molar-refractivity contribution in [3.05, 3.63) is 47.7 Å². The molecule has 0 saturated carbocycles. The predicted octanol–water partition coefficient (Wildman–Crippen LogP) is 3.77. The van der Waals surface area contributed by atoms with E-state index in [-0.39, 0.29) is 17.3 Å². The molecule has 9 heteroatoms. The Balaban J connectivity index is 1.87. The van der Waals surface area contributed by atoms with E-state index in [1.54, 1.807) is 32.2 Å². The second-order valence-electron chi connectivity index (χ2n) is 6.29. The first-order valence-corrected chi connectivity index (χ1v) is 10.5. The SMILES string of the molecule is CCS(=O)(=O)Nc1ccc(NC(=O)c2oc3ccc(OC)cc3c2C)cc1OC. The Morgan fingerprint density at radius 2 is 1.86 bits per heavy atom. The lowest BCUT2D eigenvalue weighted by atomic mass is 10.1. The molecule has 0 spiro atoms. The van der Waals surface area contributed by atoms with Gasteiger partial charge in [-0.15, -0.1) is 0 Å². The molecule has 3 aromatic rings. The molecular weight excluding hydrogens is 396 g/mol. The number of carbonyl (C=O) groups is 1. The Bertz CT molecular complexity index is 1170. The van der Waals surface area contributed by atoms with Crippen molar-refractivity contribution in [1.82, 2.24) is 0 Å². The summed E-state index contributed by atoms with van der Waals surface area (Å²) >= 11 is 0. The van der Waals surface area contributed by atoms with Crippen LogP contribution in [-0.2, 0) is 10.0 Å². The number of furan rings is 1. The highest BCUT2D eigenvalue weighted by atomic mass is 32.2. The molecule has 1 aromatic heterocycles. The average Bonchev–Trinajstić information content (AvgIpc) is 3.05. The Labute approximate surface area is 168 Å². The quantitative estimate of drug-likeness (QED) is 0.605. The van der Waals surface area contributed by atoms with E-state index >= 15 is 0 Å². The Kier molecular flexibility index (Phi) is 5.69. The lowest BCUT2D eigenvalue weighted by Crippen LogP contribution is -2.16. The number of benzene rings is 2. The van der Waals surface area contributed by atoms with Crippen molar-refractivity contribution in [2.75, 3.05) is 30.0 Å². The molecule has 154 valence electrons. The molecule has 3 rings (SSSR count). The number of sulfonamides is 1. The van der Waals surface area contributed by atoms with Gasteiger partial charge in [0.1, 0.15) is 17.1 Å². The molecule has 0 fully saturated rings. The van der Waals surface area contributed by atoms with Gasteiger partial charge in [0.25, 0.3) is 5.91 Å². The highest BCUT2D eigenvalue weighted by Gasteiger charge is 2.19. The number of rotatable bonds is 7. The fourth-order valence-corrected chi connectivity index (χ4v) is 3.47. The molecule has 0 radical (unpaired) electrons. The van der Waals surface area contributed by atoms with E-state index in [2.05, 4.69) is 10.0 Å². The topological polar surface area (TPSA) is 107 Å². The van der Waals surface area contributed by atoms with Gasteiger partial charge in [0, 0.05) is 22.7 Å². The van der Waals surface area contributed by atoms with E-state index in [1.807, 2.05) is 6.07 Å². The molecule has 1 amide bonds. The maximum Gasteiger partial charge on any atom is 0.291 e. The fourth-order valence-electron chi connectivity index (χ4n) is 2.82.